The van der Waals surface area contributed by atoms with Crippen molar-refractivity contribution in [2.75, 3.05) is 13.1 Å². The number of amides is 1. The van der Waals surface area contributed by atoms with Gasteiger partial charge in [-0.3, -0.25) is 4.79 Å². The Morgan fingerprint density at radius 1 is 1.27 bits per heavy atom. The molecule has 1 aliphatic rings. The van der Waals surface area contributed by atoms with Gasteiger partial charge in [0.1, 0.15) is 0 Å². The maximum absolute atomic E-state index is 11.5. The molecular formula is C11H23N3O. The molecule has 0 aromatic rings. The lowest BCUT2D eigenvalue weighted by Gasteiger charge is -2.22. The minimum absolute atomic E-state index is 0.0939. The number of rotatable bonds is 6. The van der Waals surface area contributed by atoms with Crippen LogP contribution in [0.4, 0.5) is 0 Å². The van der Waals surface area contributed by atoms with Crippen molar-refractivity contribution < 1.29 is 4.79 Å². The van der Waals surface area contributed by atoms with Gasteiger partial charge < -0.3 is 16.8 Å². The van der Waals surface area contributed by atoms with Gasteiger partial charge in [-0.2, -0.15) is 0 Å². The summed E-state index contributed by atoms with van der Waals surface area (Å²) in [5.41, 5.74) is 11.3. The van der Waals surface area contributed by atoms with Gasteiger partial charge in [-0.1, -0.05) is 12.8 Å². The Hall–Kier alpha value is -0.610. The van der Waals surface area contributed by atoms with E-state index < -0.39 is 0 Å². The molecule has 4 heteroatoms. The third kappa shape index (κ3) is 4.62. The van der Waals surface area contributed by atoms with Crippen LogP contribution in [0.25, 0.3) is 0 Å². The zero-order chi connectivity index (χ0) is 11.1. The van der Waals surface area contributed by atoms with E-state index in [0.717, 1.165) is 45.1 Å². The topological polar surface area (TPSA) is 81.1 Å². The molecule has 0 heterocycles. The van der Waals surface area contributed by atoms with Gasteiger partial charge in [-0.15, -0.1) is 0 Å². The summed E-state index contributed by atoms with van der Waals surface area (Å²) in [5.74, 6) is 0.0939. The molecule has 1 fully saturated rings. The maximum Gasteiger partial charge on any atom is 0.221 e. The molecule has 1 rings (SSSR count). The van der Waals surface area contributed by atoms with Gasteiger partial charge in [0, 0.05) is 18.5 Å². The molecule has 0 radical (unpaired) electrons. The number of nitrogens with two attached hydrogens (primary N) is 2. The van der Waals surface area contributed by atoms with Gasteiger partial charge in [0.25, 0.3) is 0 Å². The summed E-state index contributed by atoms with van der Waals surface area (Å²) in [4.78, 5) is 11.5. The van der Waals surface area contributed by atoms with Crippen LogP contribution >= 0.6 is 0 Å². The van der Waals surface area contributed by atoms with Crippen LogP contribution in [0.5, 0.6) is 0 Å². The van der Waals surface area contributed by atoms with E-state index in [9.17, 15) is 4.79 Å². The van der Waals surface area contributed by atoms with Crippen LogP contribution in [0, 0.1) is 0 Å². The van der Waals surface area contributed by atoms with Gasteiger partial charge in [0.05, 0.1) is 0 Å². The van der Waals surface area contributed by atoms with Gasteiger partial charge in [0.2, 0.25) is 5.91 Å². The Labute approximate surface area is 91.8 Å². The van der Waals surface area contributed by atoms with E-state index in [1.807, 2.05) is 0 Å². The van der Waals surface area contributed by atoms with E-state index in [1.54, 1.807) is 0 Å². The van der Waals surface area contributed by atoms with E-state index in [2.05, 4.69) is 5.32 Å². The predicted octanol–water partition coefficient (Wildman–Crippen LogP) is 0.503. The Balaban J connectivity index is 2.12. The van der Waals surface area contributed by atoms with Crippen molar-refractivity contribution in [1.29, 1.82) is 0 Å². The van der Waals surface area contributed by atoms with E-state index in [0.29, 0.717) is 13.0 Å². The largest absolute Gasteiger partial charge is 0.356 e. The summed E-state index contributed by atoms with van der Waals surface area (Å²) in [5, 5.41) is 2.90. The second-order valence-electron chi connectivity index (χ2n) is 4.59. The first-order valence-corrected chi connectivity index (χ1v) is 5.92. The van der Waals surface area contributed by atoms with Crippen molar-refractivity contribution in [1.82, 2.24) is 5.32 Å². The molecular weight excluding hydrogens is 190 g/mol. The van der Waals surface area contributed by atoms with Crippen LogP contribution in [-0.4, -0.2) is 24.5 Å². The SMILES string of the molecule is NCCCCNC(=O)CC1(N)CCCC1. The lowest BCUT2D eigenvalue weighted by molar-refractivity contribution is -0.122. The molecule has 5 N–H and O–H groups in total. The van der Waals surface area contributed by atoms with Crippen LogP contribution < -0.4 is 16.8 Å². The summed E-state index contributed by atoms with van der Waals surface area (Å²) < 4.78 is 0. The zero-order valence-corrected chi connectivity index (χ0v) is 9.43. The molecule has 0 bridgehead atoms. The fourth-order valence-corrected chi connectivity index (χ4v) is 2.14. The van der Waals surface area contributed by atoms with Crippen molar-refractivity contribution >= 4 is 5.91 Å². The third-order valence-electron chi connectivity index (χ3n) is 3.07. The second kappa shape index (κ2) is 6.08. The fourth-order valence-electron chi connectivity index (χ4n) is 2.14. The summed E-state index contributed by atoms with van der Waals surface area (Å²) in [7, 11) is 0. The highest BCUT2D eigenvalue weighted by Gasteiger charge is 2.31. The smallest absolute Gasteiger partial charge is 0.221 e. The van der Waals surface area contributed by atoms with Crippen LogP contribution in [0.3, 0.4) is 0 Å². The molecule has 0 spiro atoms. The molecule has 0 unspecified atom stereocenters. The number of nitrogens with one attached hydrogen (secondary N) is 1. The number of hydrogen-bond donors (Lipinski definition) is 3. The van der Waals surface area contributed by atoms with Gasteiger partial charge in [-0.05, 0) is 32.2 Å². The van der Waals surface area contributed by atoms with E-state index >= 15 is 0 Å². The first-order chi connectivity index (χ1) is 7.16. The average Bonchev–Trinajstić information content (AvgIpc) is 2.59. The maximum atomic E-state index is 11.5. The summed E-state index contributed by atoms with van der Waals surface area (Å²) in [6.07, 6.45) is 6.71. The molecule has 0 aliphatic heterocycles. The predicted molar refractivity (Wildman–Crippen MR) is 61.3 cm³/mol. The Morgan fingerprint density at radius 2 is 1.93 bits per heavy atom. The van der Waals surface area contributed by atoms with Crippen molar-refractivity contribution in [2.45, 2.75) is 50.5 Å². The van der Waals surface area contributed by atoms with Gasteiger partial charge >= 0.3 is 0 Å². The zero-order valence-electron chi connectivity index (χ0n) is 9.43. The molecule has 1 saturated carbocycles. The molecule has 0 aromatic carbocycles. The van der Waals surface area contributed by atoms with E-state index in [-0.39, 0.29) is 11.4 Å². The van der Waals surface area contributed by atoms with Crippen LogP contribution in [0.2, 0.25) is 0 Å². The van der Waals surface area contributed by atoms with Gasteiger partial charge in [0.15, 0.2) is 0 Å². The number of carbonyl (C=O) groups is 1. The minimum Gasteiger partial charge on any atom is -0.356 e. The highest BCUT2D eigenvalue weighted by Crippen LogP contribution is 2.29. The summed E-state index contributed by atoms with van der Waals surface area (Å²) in [6.45, 7) is 1.42. The van der Waals surface area contributed by atoms with Crippen molar-refractivity contribution in [3.05, 3.63) is 0 Å². The standard InChI is InChI=1S/C11H23N3O/c12-7-3-4-8-14-10(15)9-11(13)5-1-2-6-11/h1-9,12-13H2,(H,14,15). The molecule has 0 saturated heterocycles. The number of hydrogen-bond acceptors (Lipinski definition) is 3. The molecule has 1 aliphatic carbocycles. The Bertz CT molecular complexity index is 200. The Kier molecular flexibility index (Phi) is 5.05. The van der Waals surface area contributed by atoms with Crippen molar-refractivity contribution in [3.63, 3.8) is 0 Å². The Morgan fingerprint density at radius 3 is 2.53 bits per heavy atom. The highest BCUT2D eigenvalue weighted by molar-refractivity contribution is 5.77. The molecule has 88 valence electrons. The first-order valence-electron chi connectivity index (χ1n) is 5.92. The van der Waals surface area contributed by atoms with Crippen LogP contribution in [0.1, 0.15) is 44.9 Å². The quantitative estimate of drug-likeness (QED) is 0.562. The lowest BCUT2D eigenvalue weighted by atomic mass is 9.94. The van der Waals surface area contributed by atoms with Crippen LogP contribution in [0.15, 0.2) is 0 Å². The molecule has 1 amide bonds. The van der Waals surface area contributed by atoms with Crippen molar-refractivity contribution in [3.8, 4) is 0 Å². The third-order valence-corrected chi connectivity index (χ3v) is 3.07. The first kappa shape index (κ1) is 12.5. The van der Waals surface area contributed by atoms with Gasteiger partial charge in [-0.25, -0.2) is 0 Å². The van der Waals surface area contributed by atoms with E-state index in [4.69, 9.17) is 11.5 Å². The number of unbranched alkanes of at least 4 members (excludes halogenated alkanes) is 1. The monoisotopic (exact) mass is 213 g/mol. The average molecular weight is 213 g/mol. The minimum atomic E-state index is -0.224. The summed E-state index contributed by atoms with van der Waals surface area (Å²) in [6, 6.07) is 0. The van der Waals surface area contributed by atoms with Crippen LogP contribution in [-0.2, 0) is 4.79 Å². The number of carbonyl (C=O) groups excluding carboxylic acids is 1. The molecule has 15 heavy (non-hydrogen) atoms. The van der Waals surface area contributed by atoms with E-state index in [1.165, 1.54) is 0 Å². The summed E-state index contributed by atoms with van der Waals surface area (Å²) >= 11 is 0. The normalized spacial score (nSPS) is 19.1. The molecule has 4 nitrogen and oxygen atoms in total. The fraction of sp³-hybridized carbons (Fsp3) is 0.909. The lowest BCUT2D eigenvalue weighted by Crippen LogP contribution is -2.42. The molecule has 0 atom stereocenters. The molecule has 0 aromatic heterocycles. The van der Waals surface area contributed by atoms with Crippen molar-refractivity contribution in [2.24, 2.45) is 11.5 Å². The second-order valence-corrected chi connectivity index (χ2v) is 4.59. The highest BCUT2D eigenvalue weighted by atomic mass is 16.1.